The Hall–Kier alpha value is -0.990. The van der Waals surface area contributed by atoms with Crippen molar-refractivity contribution in [1.29, 1.82) is 0 Å². The summed E-state index contributed by atoms with van der Waals surface area (Å²) < 4.78 is 0. The smallest absolute Gasteiger partial charge is 0.333 e. The van der Waals surface area contributed by atoms with Crippen LogP contribution in [0.25, 0.3) is 0 Å². The minimum absolute atomic E-state index is 0.266. The van der Waals surface area contributed by atoms with Crippen molar-refractivity contribution in [3.63, 3.8) is 0 Å². The molecule has 0 heterocycles. The molecule has 0 bridgehead atoms. The summed E-state index contributed by atoms with van der Waals surface area (Å²) in [5, 5.41) is 8.44. The van der Waals surface area contributed by atoms with Gasteiger partial charge in [0.1, 0.15) is 0 Å². The van der Waals surface area contributed by atoms with E-state index in [1.165, 1.54) is 6.92 Å². The van der Waals surface area contributed by atoms with Crippen LogP contribution in [0, 0.1) is 0 Å². The maximum Gasteiger partial charge on any atom is 0.333 e. The quantitative estimate of drug-likeness (QED) is 0.581. The van der Waals surface area contributed by atoms with Gasteiger partial charge in [-0.15, -0.1) is 0 Å². The van der Waals surface area contributed by atoms with Crippen molar-refractivity contribution >= 4 is 5.97 Å². The first-order valence-electron chi connectivity index (χ1n) is 3.28. The maximum absolute atomic E-state index is 10.3. The van der Waals surface area contributed by atoms with Gasteiger partial charge in [-0.2, -0.15) is 0 Å². The fourth-order valence-corrected chi connectivity index (χ4v) is 0.594. The Morgan fingerprint density at radius 3 is 2.40 bits per heavy atom. The number of nitrogens with two attached hydrogens (primary N) is 1. The number of hydrogen-bond donors (Lipinski definition) is 2. The van der Waals surface area contributed by atoms with E-state index in [0.717, 1.165) is 6.42 Å². The van der Waals surface area contributed by atoms with Gasteiger partial charge in [0.2, 0.25) is 0 Å². The highest BCUT2D eigenvalue weighted by Crippen LogP contribution is 2.04. The van der Waals surface area contributed by atoms with Crippen LogP contribution < -0.4 is 5.73 Å². The molecule has 3 nitrogen and oxygen atoms in total. The second-order valence-corrected chi connectivity index (χ2v) is 2.21. The van der Waals surface area contributed by atoms with Crippen LogP contribution in [0.3, 0.4) is 0 Å². The molecule has 10 heavy (non-hydrogen) atoms. The Balaban J connectivity index is 4.19. The van der Waals surface area contributed by atoms with E-state index in [-0.39, 0.29) is 5.57 Å². The largest absolute Gasteiger partial charge is 0.478 e. The third kappa shape index (κ3) is 2.53. The Bertz CT molecular complexity index is 161. The lowest BCUT2D eigenvalue weighted by atomic mass is 10.1. The molecule has 0 spiro atoms. The van der Waals surface area contributed by atoms with E-state index >= 15 is 0 Å². The molecule has 0 saturated heterocycles. The van der Waals surface area contributed by atoms with Crippen molar-refractivity contribution in [1.82, 2.24) is 0 Å². The topological polar surface area (TPSA) is 63.3 Å². The average molecular weight is 143 g/mol. The van der Waals surface area contributed by atoms with Gasteiger partial charge in [0.25, 0.3) is 0 Å². The summed E-state index contributed by atoms with van der Waals surface area (Å²) in [6.45, 7) is 3.48. The summed E-state index contributed by atoms with van der Waals surface area (Å²) in [5.41, 5.74) is 6.17. The summed E-state index contributed by atoms with van der Waals surface area (Å²) in [5.74, 6) is -0.925. The number of carboxylic acids is 1. The summed E-state index contributed by atoms with van der Waals surface area (Å²) >= 11 is 0. The predicted octanol–water partition coefficient (Wildman–Crippen LogP) is 1.10. The highest BCUT2D eigenvalue weighted by Gasteiger charge is 2.03. The second kappa shape index (κ2) is 3.93. The summed E-state index contributed by atoms with van der Waals surface area (Å²) in [4.78, 5) is 10.3. The SMILES string of the molecule is CCCC(N)=C(C)C(=O)O. The predicted molar refractivity (Wildman–Crippen MR) is 39.4 cm³/mol. The lowest BCUT2D eigenvalue weighted by Crippen LogP contribution is -2.07. The minimum atomic E-state index is -0.925. The molecule has 3 heteroatoms. The van der Waals surface area contributed by atoms with Crippen molar-refractivity contribution in [3.8, 4) is 0 Å². The van der Waals surface area contributed by atoms with Gasteiger partial charge in [-0.1, -0.05) is 13.3 Å². The third-order valence-electron chi connectivity index (χ3n) is 1.32. The molecule has 0 radical (unpaired) electrons. The molecule has 0 aromatic carbocycles. The first kappa shape index (κ1) is 9.01. The summed E-state index contributed by atoms with van der Waals surface area (Å²) in [7, 11) is 0. The van der Waals surface area contributed by atoms with Gasteiger partial charge < -0.3 is 10.8 Å². The molecule has 0 aromatic rings. The van der Waals surface area contributed by atoms with Gasteiger partial charge in [0.15, 0.2) is 0 Å². The number of allylic oxidation sites excluding steroid dienone is 1. The molecule has 0 aliphatic heterocycles. The molecule has 0 unspecified atom stereocenters. The van der Waals surface area contributed by atoms with Crippen LogP contribution in [0.15, 0.2) is 11.3 Å². The van der Waals surface area contributed by atoms with Gasteiger partial charge >= 0.3 is 5.97 Å². The molecule has 3 N–H and O–H groups in total. The minimum Gasteiger partial charge on any atom is -0.478 e. The fourth-order valence-electron chi connectivity index (χ4n) is 0.594. The fraction of sp³-hybridized carbons (Fsp3) is 0.571. The first-order valence-corrected chi connectivity index (χ1v) is 3.28. The highest BCUT2D eigenvalue weighted by molar-refractivity contribution is 5.86. The van der Waals surface area contributed by atoms with Crippen LogP contribution in [-0.2, 0) is 4.79 Å². The Morgan fingerprint density at radius 2 is 2.10 bits per heavy atom. The van der Waals surface area contributed by atoms with Crippen molar-refractivity contribution in [2.75, 3.05) is 0 Å². The Morgan fingerprint density at radius 1 is 1.60 bits per heavy atom. The van der Waals surface area contributed by atoms with E-state index in [2.05, 4.69) is 0 Å². The molecule has 0 atom stereocenters. The third-order valence-corrected chi connectivity index (χ3v) is 1.32. The molecule has 0 fully saturated rings. The average Bonchev–Trinajstić information content (AvgIpc) is 1.87. The maximum atomic E-state index is 10.3. The van der Waals surface area contributed by atoms with E-state index in [1.807, 2.05) is 6.92 Å². The molecule has 0 rings (SSSR count). The van der Waals surface area contributed by atoms with E-state index in [4.69, 9.17) is 10.8 Å². The highest BCUT2D eigenvalue weighted by atomic mass is 16.4. The van der Waals surface area contributed by atoms with E-state index in [0.29, 0.717) is 12.1 Å². The van der Waals surface area contributed by atoms with Crippen molar-refractivity contribution in [2.24, 2.45) is 5.73 Å². The van der Waals surface area contributed by atoms with E-state index in [1.54, 1.807) is 0 Å². The Kier molecular flexibility index (Phi) is 3.54. The summed E-state index contributed by atoms with van der Waals surface area (Å²) in [6, 6.07) is 0. The monoisotopic (exact) mass is 143 g/mol. The molecule has 0 saturated carbocycles. The Labute approximate surface area is 60.5 Å². The first-order chi connectivity index (χ1) is 4.59. The molecule has 58 valence electrons. The zero-order chi connectivity index (χ0) is 8.15. The van der Waals surface area contributed by atoms with Gasteiger partial charge in [0, 0.05) is 5.70 Å². The zero-order valence-electron chi connectivity index (χ0n) is 6.35. The van der Waals surface area contributed by atoms with Crippen molar-refractivity contribution < 1.29 is 9.90 Å². The second-order valence-electron chi connectivity index (χ2n) is 2.21. The molecular formula is C7H13NO2. The van der Waals surface area contributed by atoms with E-state index < -0.39 is 5.97 Å². The standard InChI is InChI=1S/C7H13NO2/c1-3-4-6(8)5(2)7(9)10/h3-4,8H2,1-2H3,(H,9,10). The number of carboxylic acid groups (broad SMARTS) is 1. The van der Waals surface area contributed by atoms with E-state index in [9.17, 15) is 4.79 Å². The van der Waals surface area contributed by atoms with Crippen LogP contribution in [0.1, 0.15) is 26.7 Å². The lowest BCUT2D eigenvalue weighted by molar-refractivity contribution is -0.132. The van der Waals surface area contributed by atoms with Gasteiger partial charge in [-0.05, 0) is 13.3 Å². The summed E-state index contributed by atoms with van der Waals surface area (Å²) in [6.07, 6.45) is 1.55. The molecule has 0 aliphatic carbocycles. The molecule has 0 aliphatic rings. The van der Waals surface area contributed by atoms with Crippen LogP contribution in [0.2, 0.25) is 0 Å². The molecule has 0 amide bonds. The van der Waals surface area contributed by atoms with Crippen molar-refractivity contribution in [3.05, 3.63) is 11.3 Å². The van der Waals surface area contributed by atoms with Crippen LogP contribution in [0.4, 0.5) is 0 Å². The van der Waals surface area contributed by atoms with Crippen LogP contribution >= 0.6 is 0 Å². The van der Waals surface area contributed by atoms with Crippen LogP contribution in [0.5, 0.6) is 0 Å². The normalized spacial score (nSPS) is 12.6. The molecule has 0 aromatic heterocycles. The van der Waals surface area contributed by atoms with Gasteiger partial charge in [0.05, 0.1) is 5.57 Å². The number of carbonyl (C=O) groups is 1. The van der Waals surface area contributed by atoms with Gasteiger partial charge in [-0.3, -0.25) is 0 Å². The number of hydrogen-bond acceptors (Lipinski definition) is 2. The van der Waals surface area contributed by atoms with Gasteiger partial charge in [-0.25, -0.2) is 4.79 Å². The van der Waals surface area contributed by atoms with Crippen LogP contribution in [-0.4, -0.2) is 11.1 Å². The number of rotatable bonds is 3. The zero-order valence-corrected chi connectivity index (χ0v) is 6.35. The van der Waals surface area contributed by atoms with Crippen molar-refractivity contribution in [2.45, 2.75) is 26.7 Å². The lowest BCUT2D eigenvalue weighted by Gasteiger charge is -2.00. The number of aliphatic carboxylic acids is 1. The molecular weight excluding hydrogens is 130 g/mol.